The second-order valence-corrected chi connectivity index (χ2v) is 2.68. The molecule has 0 amide bonds. The van der Waals surface area contributed by atoms with Crippen LogP contribution in [0.5, 0.6) is 0 Å². The van der Waals surface area contributed by atoms with Crippen LogP contribution in [0.2, 0.25) is 0 Å². The van der Waals surface area contributed by atoms with Gasteiger partial charge in [0.15, 0.2) is 0 Å². The first-order valence-electron chi connectivity index (χ1n) is 4.31. The minimum Gasteiger partial charge on any atom is -0.301 e. The van der Waals surface area contributed by atoms with Crippen LogP contribution in [0.3, 0.4) is 0 Å². The molecule has 0 saturated heterocycles. The summed E-state index contributed by atoms with van der Waals surface area (Å²) in [6.07, 6.45) is 2.74. The number of nitrogens with zero attached hydrogens (tertiary/aromatic N) is 2. The van der Waals surface area contributed by atoms with Crippen molar-refractivity contribution in [2.75, 3.05) is 0 Å². The van der Waals surface area contributed by atoms with E-state index in [-0.39, 0.29) is 0 Å². The Kier molecular flexibility index (Phi) is 3.02. The molecule has 0 aliphatic carbocycles. The molecule has 0 fully saturated rings. The molecule has 0 radical (unpaired) electrons. The van der Waals surface area contributed by atoms with Crippen LogP contribution in [0.15, 0.2) is 6.07 Å². The molecule has 0 spiro atoms. The summed E-state index contributed by atoms with van der Waals surface area (Å²) in [7, 11) is 0. The summed E-state index contributed by atoms with van der Waals surface area (Å²) in [5, 5.41) is 4.27. The monoisotopic (exact) mass is 166 g/mol. The predicted octanol–water partition coefficient (Wildman–Crippen LogP) is 1.21. The minimum atomic E-state index is 0.378. The molecule has 0 aliphatic rings. The third-order valence-corrected chi connectivity index (χ3v) is 1.89. The molecular formula is C9H14N2O. The van der Waals surface area contributed by atoms with Gasteiger partial charge in [-0.1, -0.05) is 13.8 Å². The highest BCUT2D eigenvalue weighted by Gasteiger charge is 2.03. The molecule has 0 saturated carbocycles. The Hall–Kier alpha value is -1.12. The zero-order valence-corrected chi connectivity index (χ0v) is 7.58. The average Bonchev–Trinajstić information content (AvgIpc) is 2.48. The molecule has 0 atom stereocenters. The summed E-state index contributed by atoms with van der Waals surface area (Å²) >= 11 is 0. The fraction of sp³-hybridized carbons (Fsp3) is 0.556. The summed E-state index contributed by atoms with van der Waals surface area (Å²) in [5.41, 5.74) is 2.20. The Balaban J connectivity index is 2.91. The van der Waals surface area contributed by atoms with Gasteiger partial charge in [-0.25, -0.2) is 0 Å². The van der Waals surface area contributed by atoms with Crippen molar-refractivity contribution >= 4 is 6.29 Å². The maximum Gasteiger partial charge on any atom is 0.141 e. The lowest BCUT2D eigenvalue weighted by molar-refractivity contribution is -0.108. The molecule has 0 aromatic carbocycles. The van der Waals surface area contributed by atoms with Gasteiger partial charge in [0.25, 0.3) is 0 Å². The van der Waals surface area contributed by atoms with Crippen molar-refractivity contribution in [3.8, 4) is 0 Å². The average molecular weight is 166 g/mol. The van der Waals surface area contributed by atoms with E-state index >= 15 is 0 Å². The SMILES string of the molecule is CCc1cc(CC)n(CC=O)n1. The van der Waals surface area contributed by atoms with E-state index in [0.29, 0.717) is 6.54 Å². The Morgan fingerprint density at radius 2 is 2.25 bits per heavy atom. The lowest BCUT2D eigenvalue weighted by Gasteiger charge is -1.98. The Morgan fingerprint density at radius 3 is 2.75 bits per heavy atom. The number of carbonyl (C=O) groups excluding carboxylic acids is 1. The van der Waals surface area contributed by atoms with E-state index in [1.807, 2.05) is 0 Å². The molecule has 1 aromatic rings. The van der Waals surface area contributed by atoms with Crippen LogP contribution >= 0.6 is 0 Å². The number of carbonyl (C=O) groups is 1. The molecule has 1 heterocycles. The van der Waals surface area contributed by atoms with Gasteiger partial charge in [-0.15, -0.1) is 0 Å². The van der Waals surface area contributed by atoms with Crippen LogP contribution in [0.4, 0.5) is 0 Å². The van der Waals surface area contributed by atoms with Crippen LogP contribution in [-0.4, -0.2) is 16.1 Å². The normalized spacial score (nSPS) is 10.2. The van der Waals surface area contributed by atoms with Gasteiger partial charge in [0.05, 0.1) is 12.2 Å². The standard InChI is InChI=1S/C9H14N2O/c1-3-8-7-9(4-2)11(10-8)5-6-12/h6-7H,3-5H2,1-2H3. The molecule has 0 N–H and O–H groups in total. The minimum absolute atomic E-state index is 0.378. The van der Waals surface area contributed by atoms with E-state index in [1.54, 1.807) is 4.68 Å². The smallest absolute Gasteiger partial charge is 0.141 e. The fourth-order valence-corrected chi connectivity index (χ4v) is 1.20. The maximum atomic E-state index is 10.3. The van der Waals surface area contributed by atoms with Crippen molar-refractivity contribution in [2.45, 2.75) is 33.2 Å². The quantitative estimate of drug-likeness (QED) is 0.630. The highest BCUT2D eigenvalue weighted by atomic mass is 16.1. The van der Waals surface area contributed by atoms with Gasteiger partial charge < -0.3 is 4.79 Å². The van der Waals surface area contributed by atoms with E-state index in [9.17, 15) is 4.79 Å². The Labute approximate surface area is 72.4 Å². The molecule has 3 nitrogen and oxygen atoms in total. The van der Waals surface area contributed by atoms with E-state index in [0.717, 1.165) is 30.5 Å². The van der Waals surface area contributed by atoms with Crippen LogP contribution in [0.25, 0.3) is 0 Å². The lowest BCUT2D eigenvalue weighted by Crippen LogP contribution is -2.05. The Morgan fingerprint density at radius 1 is 1.50 bits per heavy atom. The summed E-state index contributed by atoms with van der Waals surface area (Å²) < 4.78 is 1.77. The van der Waals surface area contributed by atoms with Crippen molar-refractivity contribution in [3.63, 3.8) is 0 Å². The van der Waals surface area contributed by atoms with Crippen molar-refractivity contribution in [3.05, 3.63) is 17.5 Å². The molecule has 1 aromatic heterocycles. The number of aldehydes is 1. The topological polar surface area (TPSA) is 34.9 Å². The first-order valence-corrected chi connectivity index (χ1v) is 4.31. The molecule has 12 heavy (non-hydrogen) atoms. The van der Waals surface area contributed by atoms with E-state index in [1.165, 1.54) is 0 Å². The number of aromatic nitrogens is 2. The predicted molar refractivity (Wildman–Crippen MR) is 47.0 cm³/mol. The number of aryl methyl sites for hydroxylation is 2. The fourth-order valence-electron chi connectivity index (χ4n) is 1.20. The van der Waals surface area contributed by atoms with Crippen LogP contribution < -0.4 is 0 Å². The van der Waals surface area contributed by atoms with Gasteiger partial charge in [0, 0.05) is 5.69 Å². The van der Waals surface area contributed by atoms with E-state index in [2.05, 4.69) is 25.0 Å². The van der Waals surface area contributed by atoms with Crippen molar-refractivity contribution in [1.82, 2.24) is 9.78 Å². The molecule has 1 rings (SSSR count). The lowest BCUT2D eigenvalue weighted by atomic mass is 10.3. The van der Waals surface area contributed by atoms with Gasteiger partial charge >= 0.3 is 0 Å². The number of hydrogen-bond acceptors (Lipinski definition) is 2. The molecule has 3 heteroatoms. The van der Waals surface area contributed by atoms with Gasteiger partial charge in [-0.2, -0.15) is 5.10 Å². The Bertz CT molecular complexity index is 265. The molecule has 66 valence electrons. The summed E-state index contributed by atoms with van der Waals surface area (Å²) in [6, 6.07) is 2.06. The zero-order chi connectivity index (χ0) is 8.97. The highest BCUT2D eigenvalue weighted by molar-refractivity contribution is 5.49. The van der Waals surface area contributed by atoms with Gasteiger partial charge in [-0.05, 0) is 18.9 Å². The third-order valence-electron chi connectivity index (χ3n) is 1.89. The highest BCUT2D eigenvalue weighted by Crippen LogP contribution is 2.05. The van der Waals surface area contributed by atoms with Crippen LogP contribution in [-0.2, 0) is 24.2 Å². The molecule has 0 bridgehead atoms. The summed E-state index contributed by atoms with van der Waals surface area (Å²) in [4.78, 5) is 10.3. The molecule has 0 unspecified atom stereocenters. The van der Waals surface area contributed by atoms with Crippen LogP contribution in [0.1, 0.15) is 25.2 Å². The van der Waals surface area contributed by atoms with Gasteiger partial charge in [0.2, 0.25) is 0 Å². The second-order valence-electron chi connectivity index (χ2n) is 2.68. The third kappa shape index (κ3) is 1.72. The van der Waals surface area contributed by atoms with E-state index < -0.39 is 0 Å². The number of rotatable bonds is 4. The van der Waals surface area contributed by atoms with E-state index in [4.69, 9.17) is 0 Å². The maximum absolute atomic E-state index is 10.3. The first-order chi connectivity index (χ1) is 5.81. The van der Waals surface area contributed by atoms with Crippen LogP contribution in [0, 0.1) is 0 Å². The summed E-state index contributed by atoms with van der Waals surface area (Å²) in [5.74, 6) is 0. The zero-order valence-electron chi connectivity index (χ0n) is 7.58. The van der Waals surface area contributed by atoms with Crippen molar-refractivity contribution in [2.24, 2.45) is 0 Å². The summed E-state index contributed by atoms with van der Waals surface area (Å²) in [6.45, 7) is 4.51. The van der Waals surface area contributed by atoms with Gasteiger partial charge in [0.1, 0.15) is 6.29 Å². The molecular weight excluding hydrogens is 152 g/mol. The van der Waals surface area contributed by atoms with Crippen molar-refractivity contribution < 1.29 is 4.79 Å². The largest absolute Gasteiger partial charge is 0.301 e. The van der Waals surface area contributed by atoms with Crippen molar-refractivity contribution in [1.29, 1.82) is 0 Å². The van der Waals surface area contributed by atoms with Gasteiger partial charge in [-0.3, -0.25) is 4.68 Å². The first kappa shape index (κ1) is 8.97. The number of hydrogen-bond donors (Lipinski definition) is 0. The molecule has 0 aliphatic heterocycles. The second kappa shape index (κ2) is 4.04.